The van der Waals surface area contributed by atoms with Crippen molar-refractivity contribution in [3.8, 4) is 0 Å². The largest absolute Gasteiger partial charge is 0.316 e. The minimum atomic E-state index is -0.139. The first kappa shape index (κ1) is 7.00. The first-order valence-electron chi connectivity index (χ1n) is 3.60. The molecule has 1 nitrogen and oxygen atoms in total. The smallest absolute Gasteiger partial charge is 0.0962 e. The SMILES string of the molecule is CCNCC1(CF)CC1. The molecule has 1 saturated carbocycles. The highest BCUT2D eigenvalue weighted by atomic mass is 19.1. The average Bonchev–Trinajstić information content (AvgIpc) is 2.65. The van der Waals surface area contributed by atoms with Crippen LogP contribution in [0.4, 0.5) is 4.39 Å². The molecule has 1 rings (SSSR count). The van der Waals surface area contributed by atoms with Crippen molar-refractivity contribution < 1.29 is 4.39 Å². The van der Waals surface area contributed by atoms with E-state index in [1.807, 2.05) is 6.92 Å². The lowest BCUT2D eigenvalue weighted by Crippen LogP contribution is -2.24. The molecule has 9 heavy (non-hydrogen) atoms. The summed E-state index contributed by atoms with van der Waals surface area (Å²) in [7, 11) is 0. The van der Waals surface area contributed by atoms with Crippen LogP contribution < -0.4 is 5.32 Å². The van der Waals surface area contributed by atoms with Crippen molar-refractivity contribution in [1.82, 2.24) is 5.32 Å². The Morgan fingerprint density at radius 1 is 1.56 bits per heavy atom. The molecule has 0 aliphatic heterocycles. The summed E-state index contributed by atoms with van der Waals surface area (Å²) in [6.07, 6.45) is 2.16. The first-order chi connectivity index (χ1) is 4.33. The van der Waals surface area contributed by atoms with E-state index in [9.17, 15) is 4.39 Å². The van der Waals surface area contributed by atoms with Crippen molar-refractivity contribution in [1.29, 1.82) is 0 Å². The van der Waals surface area contributed by atoms with Gasteiger partial charge in [-0.2, -0.15) is 0 Å². The summed E-state index contributed by atoms with van der Waals surface area (Å²) in [6.45, 7) is 3.75. The van der Waals surface area contributed by atoms with E-state index in [0.717, 1.165) is 25.9 Å². The van der Waals surface area contributed by atoms with E-state index < -0.39 is 0 Å². The van der Waals surface area contributed by atoms with Gasteiger partial charge in [-0.1, -0.05) is 6.92 Å². The summed E-state index contributed by atoms with van der Waals surface area (Å²) in [4.78, 5) is 0. The van der Waals surface area contributed by atoms with Crippen molar-refractivity contribution in [3.63, 3.8) is 0 Å². The fraction of sp³-hybridized carbons (Fsp3) is 1.00. The summed E-state index contributed by atoms with van der Waals surface area (Å²) in [6, 6.07) is 0. The Morgan fingerprint density at radius 3 is 2.56 bits per heavy atom. The molecule has 1 aliphatic rings. The summed E-state index contributed by atoms with van der Waals surface area (Å²) < 4.78 is 12.1. The van der Waals surface area contributed by atoms with Crippen LogP contribution >= 0.6 is 0 Å². The average molecular weight is 131 g/mol. The molecule has 0 atom stereocenters. The molecule has 0 unspecified atom stereocenters. The highest BCUT2D eigenvalue weighted by Gasteiger charge is 2.41. The zero-order valence-corrected chi connectivity index (χ0v) is 5.91. The van der Waals surface area contributed by atoms with E-state index in [0.29, 0.717) is 0 Å². The van der Waals surface area contributed by atoms with Crippen LogP contribution in [0.5, 0.6) is 0 Å². The molecule has 54 valence electrons. The van der Waals surface area contributed by atoms with Gasteiger partial charge in [0.05, 0.1) is 6.67 Å². The molecule has 0 spiro atoms. The van der Waals surface area contributed by atoms with Gasteiger partial charge in [0.25, 0.3) is 0 Å². The third-order valence-electron chi connectivity index (χ3n) is 1.99. The molecule has 0 amide bonds. The lowest BCUT2D eigenvalue weighted by atomic mass is 10.1. The van der Waals surface area contributed by atoms with Gasteiger partial charge in [0.15, 0.2) is 0 Å². The maximum absolute atomic E-state index is 12.1. The van der Waals surface area contributed by atoms with Gasteiger partial charge in [-0.25, -0.2) is 0 Å². The van der Waals surface area contributed by atoms with Crippen molar-refractivity contribution in [2.24, 2.45) is 5.41 Å². The Bertz CT molecular complexity index is 88.9. The highest BCUT2D eigenvalue weighted by Crippen LogP contribution is 2.45. The molecule has 1 aliphatic carbocycles. The molecule has 0 aromatic heterocycles. The van der Waals surface area contributed by atoms with Crippen LogP contribution in [-0.4, -0.2) is 19.8 Å². The third kappa shape index (κ3) is 1.65. The predicted molar refractivity (Wildman–Crippen MR) is 36.2 cm³/mol. The maximum atomic E-state index is 12.1. The summed E-state index contributed by atoms with van der Waals surface area (Å²) >= 11 is 0. The molecular weight excluding hydrogens is 117 g/mol. The first-order valence-corrected chi connectivity index (χ1v) is 3.60. The van der Waals surface area contributed by atoms with Gasteiger partial charge >= 0.3 is 0 Å². The van der Waals surface area contributed by atoms with E-state index in [1.165, 1.54) is 0 Å². The van der Waals surface area contributed by atoms with Gasteiger partial charge in [-0.15, -0.1) is 0 Å². The molecule has 2 heteroatoms. The maximum Gasteiger partial charge on any atom is 0.0962 e. The summed E-state index contributed by atoms with van der Waals surface area (Å²) in [5, 5.41) is 3.16. The second-order valence-electron chi connectivity index (χ2n) is 2.91. The number of hydrogen-bond donors (Lipinski definition) is 1. The quantitative estimate of drug-likeness (QED) is 0.607. The Hall–Kier alpha value is -0.110. The van der Waals surface area contributed by atoms with Crippen LogP contribution in [-0.2, 0) is 0 Å². The molecule has 0 aromatic rings. The van der Waals surface area contributed by atoms with Crippen LogP contribution in [0.3, 0.4) is 0 Å². The monoisotopic (exact) mass is 131 g/mol. The Morgan fingerprint density at radius 2 is 2.22 bits per heavy atom. The van der Waals surface area contributed by atoms with Crippen molar-refractivity contribution in [2.45, 2.75) is 19.8 Å². The predicted octanol–water partition coefficient (Wildman–Crippen LogP) is 1.35. The van der Waals surface area contributed by atoms with Crippen LogP contribution in [0, 0.1) is 5.41 Å². The number of rotatable bonds is 4. The van der Waals surface area contributed by atoms with E-state index in [1.54, 1.807) is 0 Å². The van der Waals surface area contributed by atoms with Crippen molar-refractivity contribution >= 4 is 0 Å². The molecule has 0 heterocycles. The van der Waals surface area contributed by atoms with Crippen molar-refractivity contribution in [2.75, 3.05) is 19.8 Å². The van der Waals surface area contributed by atoms with E-state index in [4.69, 9.17) is 0 Å². The zero-order chi connectivity index (χ0) is 6.74. The molecular formula is C7H14FN. The van der Waals surface area contributed by atoms with Gasteiger partial charge in [0, 0.05) is 12.0 Å². The second-order valence-corrected chi connectivity index (χ2v) is 2.91. The number of halogens is 1. The topological polar surface area (TPSA) is 12.0 Å². The Balaban J connectivity index is 2.10. The number of hydrogen-bond acceptors (Lipinski definition) is 1. The Labute approximate surface area is 55.6 Å². The molecule has 0 radical (unpaired) electrons. The fourth-order valence-corrected chi connectivity index (χ4v) is 0.925. The van der Waals surface area contributed by atoms with Crippen LogP contribution in [0.15, 0.2) is 0 Å². The van der Waals surface area contributed by atoms with E-state index >= 15 is 0 Å². The van der Waals surface area contributed by atoms with Gasteiger partial charge < -0.3 is 5.32 Å². The summed E-state index contributed by atoms with van der Waals surface area (Å²) in [5.41, 5.74) is 0.0655. The van der Waals surface area contributed by atoms with Gasteiger partial charge in [-0.05, 0) is 19.4 Å². The number of alkyl halides is 1. The van der Waals surface area contributed by atoms with Gasteiger partial charge in [-0.3, -0.25) is 4.39 Å². The molecule has 0 bridgehead atoms. The fourth-order valence-electron chi connectivity index (χ4n) is 0.925. The minimum absolute atomic E-state index is 0.0655. The molecule has 1 fully saturated rings. The highest BCUT2D eigenvalue weighted by molar-refractivity contribution is 4.94. The Kier molecular flexibility index (Phi) is 2.06. The normalized spacial score (nSPS) is 22.0. The van der Waals surface area contributed by atoms with Crippen molar-refractivity contribution in [3.05, 3.63) is 0 Å². The van der Waals surface area contributed by atoms with Gasteiger partial charge in [0.1, 0.15) is 0 Å². The van der Waals surface area contributed by atoms with Crippen LogP contribution in [0.25, 0.3) is 0 Å². The minimum Gasteiger partial charge on any atom is -0.316 e. The second kappa shape index (κ2) is 2.65. The number of nitrogens with one attached hydrogen (secondary N) is 1. The molecule has 0 saturated heterocycles. The third-order valence-corrected chi connectivity index (χ3v) is 1.99. The van der Waals surface area contributed by atoms with Crippen LogP contribution in [0.2, 0.25) is 0 Å². The molecule has 0 aromatic carbocycles. The zero-order valence-electron chi connectivity index (χ0n) is 5.91. The lowest BCUT2D eigenvalue weighted by Gasteiger charge is -2.08. The van der Waals surface area contributed by atoms with Crippen LogP contribution in [0.1, 0.15) is 19.8 Å². The van der Waals surface area contributed by atoms with Gasteiger partial charge in [0.2, 0.25) is 0 Å². The molecule has 1 N–H and O–H groups in total. The summed E-state index contributed by atoms with van der Waals surface area (Å²) in [5.74, 6) is 0. The standard InChI is InChI=1S/C7H14FN/c1-2-9-6-7(5-8)3-4-7/h9H,2-6H2,1H3. The van der Waals surface area contributed by atoms with E-state index in [2.05, 4.69) is 5.32 Å². The van der Waals surface area contributed by atoms with E-state index in [-0.39, 0.29) is 12.1 Å². The lowest BCUT2D eigenvalue weighted by molar-refractivity contribution is 0.330.